The predicted octanol–water partition coefficient (Wildman–Crippen LogP) is 2.37. The summed E-state index contributed by atoms with van der Waals surface area (Å²) in [7, 11) is 0. The molecule has 3 nitrogen and oxygen atoms in total. The van der Waals surface area contributed by atoms with E-state index in [1.54, 1.807) is 11.3 Å². The van der Waals surface area contributed by atoms with Crippen molar-refractivity contribution in [2.45, 2.75) is 20.4 Å². The zero-order valence-corrected chi connectivity index (χ0v) is 9.91. The van der Waals surface area contributed by atoms with Crippen molar-refractivity contribution in [3.63, 3.8) is 0 Å². The lowest BCUT2D eigenvalue weighted by atomic mass is 10.3. The van der Waals surface area contributed by atoms with E-state index in [1.807, 2.05) is 18.4 Å². The lowest BCUT2D eigenvalue weighted by Crippen LogP contribution is -2.16. The van der Waals surface area contributed by atoms with E-state index >= 15 is 0 Å². The fraction of sp³-hybridized carbons (Fsp3) is 0.364. The van der Waals surface area contributed by atoms with E-state index in [1.165, 1.54) is 6.92 Å². The summed E-state index contributed by atoms with van der Waals surface area (Å²) in [5.41, 5.74) is 2.01. The number of amides is 1. The molecule has 0 atom stereocenters. The number of anilines is 1. The van der Waals surface area contributed by atoms with Crippen molar-refractivity contribution >= 4 is 22.9 Å². The number of carbonyl (C=O) groups is 1. The molecule has 0 aliphatic carbocycles. The van der Waals surface area contributed by atoms with Crippen molar-refractivity contribution in [2.75, 3.05) is 11.9 Å². The SMILES string of the molecule is C=C(C)CNCc1sccc1NC(C)=O. The van der Waals surface area contributed by atoms with Crippen molar-refractivity contribution in [3.05, 3.63) is 28.5 Å². The highest BCUT2D eigenvalue weighted by Gasteiger charge is 2.04. The molecule has 4 heteroatoms. The van der Waals surface area contributed by atoms with E-state index in [4.69, 9.17) is 0 Å². The highest BCUT2D eigenvalue weighted by molar-refractivity contribution is 7.10. The van der Waals surface area contributed by atoms with Gasteiger partial charge in [0.15, 0.2) is 0 Å². The smallest absolute Gasteiger partial charge is 0.221 e. The van der Waals surface area contributed by atoms with Gasteiger partial charge in [0.2, 0.25) is 5.91 Å². The number of hydrogen-bond acceptors (Lipinski definition) is 3. The first-order chi connectivity index (χ1) is 7.09. The van der Waals surface area contributed by atoms with Crippen LogP contribution < -0.4 is 10.6 Å². The molecule has 1 amide bonds. The Kier molecular flexibility index (Phi) is 4.52. The second-order valence-corrected chi connectivity index (χ2v) is 4.50. The molecule has 1 rings (SSSR count). The van der Waals surface area contributed by atoms with Crippen molar-refractivity contribution < 1.29 is 4.79 Å². The summed E-state index contributed by atoms with van der Waals surface area (Å²) in [5.74, 6) is -0.0328. The number of nitrogens with one attached hydrogen (secondary N) is 2. The number of rotatable bonds is 5. The zero-order chi connectivity index (χ0) is 11.3. The lowest BCUT2D eigenvalue weighted by Gasteiger charge is -2.05. The summed E-state index contributed by atoms with van der Waals surface area (Å²) >= 11 is 1.64. The van der Waals surface area contributed by atoms with Gasteiger partial charge in [0, 0.05) is 24.9 Å². The molecular formula is C11H16N2OS. The molecule has 82 valence electrons. The molecule has 2 N–H and O–H groups in total. The molecule has 0 aliphatic rings. The maximum Gasteiger partial charge on any atom is 0.221 e. The van der Waals surface area contributed by atoms with Crippen LogP contribution in [0.15, 0.2) is 23.6 Å². The van der Waals surface area contributed by atoms with E-state index in [-0.39, 0.29) is 5.91 Å². The first-order valence-electron chi connectivity index (χ1n) is 4.78. The Balaban J connectivity index is 2.49. The second-order valence-electron chi connectivity index (χ2n) is 3.50. The van der Waals surface area contributed by atoms with Gasteiger partial charge < -0.3 is 10.6 Å². The van der Waals surface area contributed by atoms with Gasteiger partial charge in [-0.2, -0.15) is 0 Å². The summed E-state index contributed by atoms with van der Waals surface area (Å²) < 4.78 is 0. The highest BCUT2D eigenvalue weighted by Crippen LogP contribution is 2.21. The summed E-state index contributed by atoms with van der Waals surface area (Å²) in [5, 5.41) is 8.04. The fourth-order valence-corrected chi connectivity index (χ4v) is 1.97. The van der Waals surface area contributed by atoms with Crippen LogP contribution in [0.4, 0.5) is 5.69 Å². The van der Waals surface area contributed by atoms with Crippen LogP contribution in [0, 0.1) is 0 Å². The van der Waals surface area contributed by atoms with Crippen LogP contribution in [-0.2, 0) is 11.3 Å². The molecule has 0 unspecified atom stereocenters. The van der Waals surface area contributed by atoms with Gasteiger partial charge in [0.05, 0.1) is 5.69 Å². The van der Waals surface area contributed by atoms with Crippen LogP contribution in [0.1, 0.15) is 18.7 Å². The van der Waals surface area contributed by atoms with Crippen LogP contribution >= 0.6 is 11.3 Å². The Morgan fingerprint density at radius 1 is 1.53 bits per heavy atom. The van der Waals surface area contributed by atoms with Gasteiger partial charge in [-0.1, -0.05) is 12.2 Å². The fourth-order valence-electron chi connectivity index (χ4n) is 1.17. The average molecular weight is 224 g/mol. The summed E-state index contributed by atoms with van der Waals surface area (Å²) in [6.07, 6.45) is 0. The number of hydrogen-bond donors (Lipinski definition) is 2. The minimum atomic E-state index is -0.0328. The van der Waals surface area contributed by atoms with Crippen LogP contribution in [0.5, 0.6) is 0 Å². The third-order valence-corrected chi connectivity index (χ3v) is 2.69. The van der Waals surface area contributed by atoms with Gasteiger partial charge in [-0.05, 0) is 18.4 Å². The van der Waals surface area contributed by atoms with Gasteiger partial charge in [-0.25, -0.2) is 0 Å². The van der Waals surface area contributed by atoms with Crippen molar-refractivity contribution in [2.24, 2.45) is 0 Å². The van der Waals surface area contributed by atoms with Gasteiger partial charge in [-0.15, -0.1) is 11.3 Å². The monoisotopic (exact) mass is 224 g/mol. The average Bonchev–Trinajstić information content (AvgIpc) is 2.51. The maximum absolute atomic E-state index is 10.9. The van der Waals surface area contributed by atoms with Crippen LogP contribution in [-0.4, -0.2) is 12.5 Å². The van der Waals surface area contributed by atoms with E-state index in [2.05, 4.69) is 17.2 Å². The second kappa shape index (κ2) is 5.68. The molecule has 0 saturated carbocycles. The van der Waals surface area contributed by atoms with E-state index in [9.17, 15) is 4.79 Å². The molecule has 1 aromatic heterocycles. The lowest BCUT2D eigenvalue weighted by molar-refractivity contribution is -0.114. The third-order valence-electron chi connectivity index (χ3n) is 1.77. The van der Waals surface area contributed by atoms with Crippen LogP contribution in [0.3, 0.4) is 0 Å². The van der Waals surface area contributed by atoms with Crippen LogP contribution in [0.2, 0.25) is 0 Å². The van der Waals surface area contributed by atoms with Gasteiger partial charge in [0.25, 0.3) is 0 Å². The van der Waals surface area contributed by atoms with E-state index < -0.39 is 0 Å². The molecule has 0 radical (unpaired) electrons. The molecule has 1 aromatic rings. The third kappa shape index (κ3) is 4.27. The van der Waals surface area contributed by atoms with Crippen molar-refractivity contribution in [1.82, 2.24) is 5.32 Å². The van der Waals surface area contributed by atoms with Gasteiger partial charge in [0.1, 0.15) is 0 Å². The summed E-state index contributed by atoms with van der Waals surface area (Å²) in [6.45, 7) is 8.88. The molecule has 0 aromatic carbocycles. The highest BCUT2D eigenvalue weighted by atomic mass is 32.1. The summed E-state index contributed by atoms with van der Waals surface area (Å²) in [6, 6.07) is 1.92. The van der Waals surface area contributed by atoms with Gasteiger partial charge in [-0.3, -0.25) is 4.79 Å². The molecular weight excluding hydrogens is 208 g/mol. The minimum Gasteiger partial charge on any atom is -0.325 e. The van der Waals surface area contributed by atoms with Gasteiger partial charge >= 0.3 is 0 Å². The molecule has 0 saturated heterocycles. The molecule has 1 heterocycles. The Morgan fingerprint density at radius 2 is 2.27 bits per heavy atom. The van der Waals surface area contributed by atoms with Crippen molar-refractivity contribution in [3.8, 4) is 0 Å². The Bertz CT molecular complexity index is 357. The van der Waals surface area contributed by atoms with E-state index in [0.717, 1.165) is 29.2 Å². The Morgan fingerprint density at radius 3 is 2.87 bits per heavy atom. The topological polar surface area (TPSA) is 41.1 Å². The van der Waals surface area contributed by atoms with Crippen LogP contribution in [0.25, 0.3) is 0 Å². The summed E-state index contributed by atoms with van der Waals surface area (Å²) in [4.78, 5) is 12.0. The first kappa shape index (κ1) is 11.9. The molecule has 0 spiro atoms. The first-order valence-corrected chi connectivity index (χ1v) is 5.66. The quantitative estimate of drug-likeness (QED) is 0.754. The molecule has 0 aliphatic heterocycles. The number of thiophene rings is 1. The van der Waals surface area contributed by atoms with Crippen molar-refractivity contribution in [1.29, 1.82) is 0 Å². The molecule has 0 fully saturated rings. The Hall–Kier alpha value is -1.13. The van der Waals surface area contributed by atoms with E-state index in [0.29, 0.717) is 0 Å². The zero-order valence-electron chi connectivity index (χ0n) is 9.09. The normalized spacial score (nSPS) is 10.0. The Labute approximate surface area is 94.2 Å². The molecule has 0 bridgehead atoms. The number of carbonyl (C=O) groups excluding carboxylic acids is 1. The standard InChI is InChI=1S/C11H16N2OS/c1-8(2)6-12-7-11-10(4-5-15-11)13-9(3)14/h4-5,12H,1,6-7H2,2-3H3,(H,13,14). The predicted molar refractivity (Wildman–Crippen MR) is 65.1 cm³/mol. The largest absolute Gasteiger partial charge is 0.325 e. The molecule has 15 heavy (non-hydrogen) atoms. The maximum atomic E-state index is 10.9. The minimum absolute atomic E-state index is 0.0328.